The number of thioether (sulfide) groups is 1. The Balaban J connectivity index is 1.44. The molecular formula is C23H20BrN3S2. The third-order valence-corrected chi connectivity index (χ3v) is 6.53. The average molecular weight is 482 g/mol. The van der Waals surface area contributed by atoms with Crippen molar-refractivity contribution >= 4 is 61.4 Å². The molecule has 2 N–H and O–H groups in total. The van der Waals surface area contributed by atoms with Gasteiger partial charge in [-0.2, -0.15) is 0 Å². The molecule has 0 amide bonds. The number of allylic oxidation sites excluding steroid dienone is 5. The summed E-state index contributed by atoms with van der Waals surface area (Å²) in [5.74, 6) is 0.954. The number of thiocarbonyl (C=S) groups is 1. The Kier molecular flexibility index (Phi) is 6.33. The molecule has 1 aliphatic carbocycles. The molecule has 1 aliphatic heterocycles. The van der Waals surface area contributed by atoms with E-state index in [0.717, 1.165) is 44.3 Å². The van der Waals surface area contributed by atoms with E-state index in [4.69, 9.17) is 17.2 Å². The number of rotatable bonds is 3. The summed E-state index contributed by atoms with van der Waals surface area (Å²) in [6.45, 7) is 2.15. The third-order valence-electron chi connectivity index (χ3n) is 4.58. The molecule has 0 saturated carbocycles. The number of nitrogens with zero attached hydrogens (tertiary/aromatic N) is 1. The first kappa shape index (κ1) is 20.1. The van der Waals surface area contributed by atoms with Crippen molar-refractivity contribution < 1.29 is 0 Å². The van der Waals surface area contributed by atoms with Crippen molar-refractivity contribution in [2.45, 2.75) is 13.3 Å². The van der Waals surface area contributed by atoms with Gasteiger partial charge in [-0.3, -0.25) is 0 Å². The van der Waals surface area contributed by atoms with E-state index in [9.17, 15) is 0 Å². The number of fused-ring (bicyclic) bond motifs is 1. The van der Waals surface area contributed by atoms with Crippen LogP contribution in [-0.4, -0.2) is 15.9 Å². The molecule has 2 aliphatic rings. The minimum atomic E-state index is 0.551. The van der Waals surface area contributed by atoms with Crippen LogP contribution in [0, 0.1) is 0 Å². The highest BCUT2D eigenvalue weighted by Gasteiger charge is 2.17. The van der Waals surface area contributed by atoms with E-state index in [1.54, 1.807) is 11.8 Å². The molecule has 146 valence electrons. The quantitative estimate of drug-likeness (QED) is 0.466. The molecular weight excluding hydrogens is 462 g/mol. The number of para-hydroxylation sites is 1. The lowest BCUT2D eigenvalue weighted by Gasteiger charge is -2.17. The maximum absolute atomic E-state index is 5.43. The van der Waals surface area contributed by atoms with Crippen LogP contribution in [0.1, 0.15) is 18.9 Å². The number of halogens is 1. The van der Waals surface area contributed by atoms with E-state index in [1.807, 2.05) is 36.4 Å². The molecule has 0 unspecified atom stereocenters. The van der Waals surface area contributed by atoms with E-state index >= 15 is 0 Å². The number of anilines is 2. The van der Waals surface area contributed by atoms with Gasteiger partial charge in [0.1, 0.15) is 5.04 Å². The van der Waals surface area contributed by atoms with Gasteiger partial charge in [0.05, 0.1) is 11.4 Å². The fourth-order valence-corrected chi connectivity index (χ4v) is 4.71. The fraction of sp³-hybridized carbons (Fsp3) is 0.130. The van der Waals surface area contributed by atoms with Gasteiger partial charge < -0.3 is 10.6 Å². The topological polar surface area (TPSA) is 36.4 Å². The first-order valence-electron chi connectivity index (χ1n) is 9.31. The van der Waals surface area contributed by atoms with Crippen molar-refractivity contribution in [2.24, 2.45) is 4.99 Å². The molecule has 1 heterocycles. The Bertz CT molecular complexity index is 1070. The second kappa shape index (κ2) is 9.11. The minimum Gasteiger partial charge on any atom is -0.332 e. The van der Waals surface area contributed by atoms with Gasteiger partial charge in [0.25, 0.3) is 0 Å². The highest BCUT2D eigenvalue weighted by Crippen LogP contribution is 2.31. The van der Waals surface area contributed by atoms with E-state index in [-0.39, 0.29) is 0 Å². The highest BCUT2D eigenvalue weighted by atomic mass is 79.9. The Morgan fingerprint density at radius 1 is 1.07 bits per heavy atom. The molecule has 0 saturated heterocycles. The molecule has 4 rings (SSSR count). The van der Waals surface area contributed by atoms with E-state index in [1.165, 1.54) is 11.1 Å². The lowest BCUT2D eigenvalue weighted by Crippen LogP contribution is -2.19. The zero-order valence-corrected chi connectivity index (χ0v) is 19.1. The van der Waals surface area contributed by atoms with Crippen LogP contribution in [0.25, 0.3) is 0 Å². The van der Waals surface area contributed by atoms with Crippen molar-refractivity contribution in [1.82, 2.24) is 0 Å². The Morgan fingerprint density at radius 2 is 1.86 bits per heavy atom. The predicted molar refractivity (Wildman–Crippen MR) is 134 cm³/mol. The number of benzene rings is 2. The highest BCUT2D eigenvalue weighted by molar-refractivity contribution is 9.10. The molecule has 2 aromatic carbocycles. The largest absolute Gasteiger partial charge is 0.332 e. The van der Waals surface area contributed by atoms with Crippen LogP contribution in [0.3, 0.4) is 0 Å². The normalized spacial score (nSPS) is 15.8. The van der Waals surface area contributed by atoms with Crippen LogP contribution in [-0.2, 0) is 0 Å². The van der Waals surface area contributed by atoms with Crippen molar-refractivity contribution in [3.63, 3.8) is 0 Å². The lowest BCUT2D eigenvalue weighted by atomic mass is 10.1. The Hall–Kier alpha value is -2.15. The van der Waals surface area contributed by atoms with Gasteiger partial charge in [-0.15, -0.1) is 11.8 Å². The first-order chi connectivity index (χ1) is 14.1. The standard InChI is InChI=1S/C23H20BrN3S2/c1-15-5-4-8-20-17(13-15)14-29-22(26-20)16-9-11-18(12-10-16)25-23(28)27-21-7-3-2-6-19(21)24/h2-3,5-13H,4,14H2,1H3,(H2,25,27,28). The van der Waals surface area contributed by atoms with Gasteiger partial charge in [-0.1, -0.05) is 48.1 Å². The van der Waals surface area contributed by atoms with E-state index in [0.29, 0.717) is 5.11 Å². The summed E-state index contributed by atoms with van der Waals surface area (Å²) < 4.78 is 0.971. The lowest BCUT2D eigenvalue weighted by molar-refractivity contribution is 1.24. The first-order valence-corrected chi connectivity index (χ1v) is 11.5. The summed E-state index contributed by atoms with van der Waals surface area (Å²) in [6.07, 6.45) is 7.64. The average Bonchev–Trinajstić information content (AvgIpc) is 2.90. The summed E-state index contributed by atoms with van der Waals surface area (Å²) in [5.41, 5.74) is 6.72. The number of hydrogen-bond acceptors (Lipinski definition) is 3. The van der Waals surface area contributed by atoms with Gasteiger partial charge in [0.2, 0.25) is 0 Å². The van der Waals surface area contributed by atoms with Crippen LogP contribution < -0.4 is 10.6 Å². The van der Waals surface area contributed by atoms with Gasteiger partial charge >= 0.3 is 0 Å². The summed E-state index contributed by atoms with van der Waals surface area (Å²) in [7, 11) is 0. The zero-order chi connectivity index (χ0) is 20.2. The zero-order valence-electron chi connectivity index (χ0n) is 15.9. The van der Waals surface area contributed by atoms with Gasteiger partial charge in [0, 0.05) is 21.5 Å². The molecule has 0 aromatic heterocycles. The summed E-state index contributed by atoms with van der Waals surface area (Å²) in [4.78, 5) is 4.90. The SMILES string of the molecule is CC1=CCC=C2N=C(c3ccc(NC(=S)Nc4ccccc4Br)cc3)SCC2=C1. The van der Waals surface area contributed by atoms with E-state index in [2.05, 4.69) is 63.8 Å². The maximum atomic E-state index is 5.43. The van der Waals surface area contributed by atoms with Gasteiger partial charge in [0.15, 0.2) is 5.11 Å². The third kappa shape index (κ3) is 5.07. The maximum Gasteiger partial charge on any atom is 0.175 e. The second-order valence-corrected chi connectivity index (χ2v) is 9.01. The molecule has 3 nitrogen and oxygen atoms in total. The van der Waals surface area contributed by atoms with Crippen molar-refractivity contribution in [1.29, 1.82) is 0 Å². The molecule has 29 heavy (non-hydrogen) atoms. The second-order valence-electron chi connectivity index (χ2n) is 6.78. The predicted octanol–water partition coefficient (Wildman–Crippen LogP) is 6.91. The summed E-state index contributed by atoms with van der Waals surface area (Å²) in [6, 6.07) is 16.1. The van der Waals surface area contributed by atoms with Gasteiger partial charge in [-0.05, 0) is 71.3 Å². The molecule has 6 heteroatoms. The summed E-state index contributed by atoms with van der Waals surface area (Å²) in [5, 5.41) is 8.05. The Morgan fingerprint density at radius 3 is 2.66 bits per heavy atom. The fourth-order valence-electron chi connectivity index (χ4n) is 3.11. The van der Waals surface area contributed by atoms with Crippen molar-refractivity contribution in [3.05, 3.63) is 93.6 Å². The Labute approximate surface area is 189 Å². The molecule has 0 atom stereocenters. The van der Waals surface area contributed by atoms with Crippen molar-refractivity contribution in [3.8, 4) is 0 Å². The monoisotopic (exact) mass is 481 g/mol. The molecule has 0 bridgehead atoms. The number of nitrogens with one attached hydrogen (secondary N) is 2. The van der Waals surface area contributed by atoms with Crippen LogP contribution >= 0.6 is 39.9 Å². The number of aliphatic imine (C=N–C) groups is 1. The van der Waals surface area contributed by atoms with Crippen molar-refractivity contribution in [2.75, 3.05) is 16.4 Å². The van der Waals surface area contributed by atoms with E-state index < -0.39 is 0 Å². The molecule has 2 aromatic rings. The van der Waals surface area contributed by atoms with Gasteiger partial charge in [-0.25, -0.2) is 4.99 Å². The molecule has 0 spiro atoms. The smallest absolute Gasteiger partial charge is 0.175 e. The van der Waals surface area contributed by atoms with Crippen LogP contribution in [0.2, 0.25) is 0 Å². The van der Waals surface area contributed by atoms with Crippen LogP contribution in [0.4, 0.5) is 11.4 Å². The molecule has 0 radical (unpaired) electrons. The van der Waals surface area contributed by atoms with Crippen LogP contribution in [0.15, 0.2) is 93.1 Å². The molecule has 0 fully saturated rings. The van der Waals surface area contributed by atoms with Crippen LogP contribution in [0.5, 0.6) is 0 Å². The minimum absolute atomic E-state index is 0.551. The summed E-state index contributed by atoms with van der Waals surface area (Å²) >= 11 is 10.7. The number of hydrogen-bond donors (Lipinski definition) is 2.